The van der Waals surface area contributed by atoms with Gasteiger partial charge in [0.25, 0.3) is 0 Å². The molecule has 1 aromatic rings. The molecule has 124 valence electrons. The fourth-order valence-corrected chi connectivity index (χ4v) is 3.12. The normalized spacial score (nSPS) is 16.8. The van der Waals surface area contributed by atoms with E-state index in [1.807, 2.05) is 31.2 Å². The van der Waals surface area contributed by atoms with Crippen LogP contribution in [0.2, 0.25) is 0 Å². The second kappa shape index (κ2) is 7.92. The molecular weight excluding hydrogens is 298 g/mol. The van der Waals surface area contributed by atoms with E-state index in [1.54, 1.807) is 11.3 Å². The lowest BCUT2D eigenvalue weighted by molar-refractivity contribution is 0.0184. The Morgan fingerprint density at radius 3 is 2.77 bits per heavy atom. The van der Waals surface area contributed by atoms with Gasteiger partial charge < -0.3 is 15.0 Å². The van der Waals surface area contributed by atoms with Crippen LogP contribution in [0.5, 0.6) is 0 Å². The number of carbonyl (C=O) groups excluding carboxylic acids is 1. The van der Waals surface area contributed by atoms with Gasteiger partial charge in [0, 0.05) is 31.4 Å². The van der Waals surface area contributed by atoms with Gasteiger partial charge in [-0.15, -0.1) is 11.3 Å². The van der Waals surface area contributed by atoms with Gasteiger partial charge in [0.2, 0.25) is 0 Å². The topological polar surface area (TPSA) is 54.5 Å². The third-order valence-electron chi connectivity index (χ3n) is 3.74. The molecule has 2 rings (SSSR count). The summed E-state index contributed by atoms with van der Waals surface area (Å²) in [5.41, 5.74) is 2.63. The lowest BCUT2D eigenvalue weighted by Gasteiger charge is -2.33. The number of ether oxygens (including phenoxy) is 1. The molecule has 1 aromatic heterocycles. The average molecular weight is 325 g/mol. The predicted molar refractivity (Wildman–Crippen MR) is 89.2 cm³/mol. The summed E-state index contributed by atoms with van der Waals surface area (Å²) in [4.78, 5) is 18.1. The minimum absolute atomic E-state index is 0.178. The Morgan fingerprint density at radius 2 is 2.18 bits per heavy atom. The summed E-state index contributed by atoms with van der Waals surface area (Å²) < 4.78 is 5.42. The zero-order valence-corrected chi connectivity index (χ0v) is 14.6. The molecule has 5 nitrogen and oxygen atoms in total. The van der Waals surface area contributed by atoms with Crippen molar-refractivity contribution in [1.29, 1.82) is 0 Å². The van der Waals surface area contributed by atoms with Crippen LogP contribution in [0, 0.1) is 5.92 Å². The van der Waals surface area contributed by atoms with Crippen LogP contribution in [0.25, 0.3) is 0 Å². The number of likely N-dealkylation sites (tertiary alicyclic amines) is 1. The summed E-state index contributed by atoms with van der Waals surface area (Å²) >= 11 is 1.64. The van der Waals surface area contributed by atoms with E-state index in [0.29, 0.717) is 5.92 Å². The SMILES string of the molecule is CC(C)(C)OC(=O)N1CCC(CNCCc2cscn2)CC1. The maximum Gasteiger partial charge on any atom is 0.410 e. The third-order valence-corrected chi connectivity index (χ3v) is 4.38. The largest absolute Gasteiger partial charge is 0.444 e. The Balaban J connectivity index is 1.59. The first-order valence-electron chi connectivity index (χ1n) is 8.00. The molecule has 0 spiro atoms. The molecule has 1 aliphatic rings. The molecule has 1 amide bonds. The molecule has 0 bridgehead atoms. The van der Waals surface area contributed by atoms with Crippen molar-refractivity contribution >= 4 is 17.4 Å². The molecule has 1 N–H and O–H groups in total. The van der Waals surface area contributed by atoms with Crippen molar-refractivity contribution in [2.24, 2.45) is 5.92 Å². The molecule has 1 fully saturated rings. The molecule has 0 radical (unpaired) electrons. The highest BCUT2D eigenvalue weighted by Gasteiger charge is 2.26. The van der Waals surface area contributed by atoms with Crippen molar-refractivity contribution in [3.8, 4) is 0 Å². The lowest BCUT2D eigenvalue weighted by atomic mass is 9.97. The second-order valence-electron chi connectivity index (χ2n) is 6.84. The molecule has 0 aliphatic carbocycles. The van der Waals surface area contributed by atoms with E-state index < -0.39 is 5.60 Å². The quantitative estimate of drug-likeness (QED) is 0.846. The van der Waals surface area contributed by atoms with Crippen molar-refractivity contribution in [1.82, 2.24) is 15.2 Å². The zero-order chi connectivity index (χ0) is 16.0. The third kappa shape index (κ3) is 5.93. The van der Waals surface area contributed by atoms with Crippen molar-refractivity contribution in [2.45, 2.75) is 45.6 Å². The highest BCUT2D eigenvalue weighted by Crippen LogP contribution is 2.19. The van der Waals surface area contributed by atoms with Crippen molar-refractivity contribution in [3.63, 3.8) is 0 Å². The number of nitrogens with zero attached hydrogens (tertiary/aromatic N) is 2. The van der Waals surface area contributed by atoms with Gasteiger partial charge in [0.05, 0.1) is 11.2 Å². The smallest absolute Gasteiger partial charge is 0.410 e. The van der Waals surface area contributed by atoms with Crippen molar-refractivity contribution in [3.05, 3.63) is 16.6 Å². The molecule has 0 atom stereocenters. The molecule has 6 heteroatoms. The Morgan fingerprint density at radius 1 is 1.45 bits per heavy atom. The number of hydrogen-bond acceptors (Lipinski definition) is 5. The van der Waals surface area contributed by atoms with Gasteiger partial charge in [-0.1, -0.05) is 0 Å². The van der Waals surface area contributed by atoms with E-state index in [1.165, 1.54) is 0 Å². The summed E-state index contributed by atoms with van der Waals surface area (Å²) in [5.74, 6) is 0.647. The Hall–Kier alpha value is -1.14. The van der Waals surface area contributed by atoms with E-state index in [9.17, 15) is 4.79 Å². The molecule has 0 unspecified atom stereocenters. The van der Waals surface area contributed by atoms with Gasteiger partial charge >= 0.3 is 6.09 Å². The van der Waals surface area contributed by atoms with Crippen LogP contribution >= 0.6 is 11.3 Å². The number of aromatic nitrogens is 1. The van der Waals surface area contributed by atoms with Crippen molar-refractivity contribution < 1.29 is 9.53 Å². The minimum atomic E-state index is -0.412. The van der Waals surface area contributed by atoms with Crippen LogP contribution in [0.15, 0.2) is 10.9 Å². The Kier molecular flexibility index (Phi) is 6.20. The van der Waals surface area contributed by atoms with Crippen LogP contribution in [0.4, 0.5) is 4.79 Å². The number of amides is 1. The summed E-state index contributed by atoms with van der Waals surface area (Å²) in [7, 11) is 0. The number of rotatable bonds is 5. The van der Waals surface area contributed by atoms with E-state index in [4.69, 9.17) is 4.74 Å². The molecule has 1 saturated heterocycles. The number of nitrogens with one attached hydrogen (secondary N) is 1. The molecule has 0 aromatic carbocycles. The van der Waals surface area contributed by atoms with Crippen molar-refractivity contribution in [2.75, 3.05) is 26.2 Å². The number of hydrogen-bond donors (Lipinski definition) is 1. The van der Waals surface area contributed by atoms with Crippen LogP contribution in [-0.2, 0) is 11.2 Å². The zero-order valence-electron chi connectivity index (χ0n) is 13.8. The highest BCUT2D eigenvalue weighted by atomic mass is 32.1. The van der Waals surface area contributed by atoms with Crippen LogP contribution in [-0.4, -0.2) is 47.8 Å². The van der Waals surface area contributed by atoms with E-state index in [-0.39, 0.29) is 6.09 Å². The fourth-order valence-electron chi connectivity index (χ4n) is 2.53. The maximum atomic E-state index is 12.0. The first kappa shape index (κ1) is 17.2. The first-order chi connectivity index (χ1) is 10.4. The average Bonchev–Trinajstić information content (AvgIpc) is 2.95. The fraction of sp³-hybridized carbons (Fsp3) is 0.750. The van der Waals surface area contributed by atoms with Gasteiger partial charge in [-0.2, -0.15) is 0 Å². The van der Waals surface area contributed by atoms with Crippen LogP contribution in [0.3, 0.4) is 0 Å². The molecular formula is C16H27N3O2S. The monoisotopic (exact) mass is 325 g/mol. The van der Waals surface area contributed by atoms with Gasteiger partial charge in [-0.25, -0.2) is 9.78 Å². The number of piperidine rings is 1. The molecule has 2 heterocycles. The minimum Gasteiger partial charge on any atom is -0.444 e. The summed E-state index contributed by atoms with van der Waals surface area (Å²) in [6.45, 7) is 9.31. The molecule has 1 aliphatic heterocycles. The second-order valence-corrected chi connectivity index (χ2v) is 7.56. The van der Waals surface area contributed by atoms with Gasteiger partial charge in [-0.05, 0) is 46.1 Å². The number of thiazole rings is 1. The van der Waals surface area contributed by atoms with Crippen LogP contribution in [0.1, 0.15) is 39.3 Å². The lowest BCUT2D eigenvalue weighted by Crippen LogP contribution is -2.43. The van der Waals surface area contributed by atoms with Gasteiger partial charge in [0.1, 0.15) is 5.60 Å². The van der Waals surface area contributed by atoms with Gasteiger partial charge in [-0.3, -0.25) is 0 Å². The van der Waals surface area contributed by atoms with E-state index >= 15 is 0 Å². The maximum absolute atomic E-state index is 12.0. The summed E-state index contributed by atoms with van der Waals surface area (Å²) in [6, 6.07) is 0. The Labute approximate surface area is 137 Å². The Bertz CT molecular complexity index is 448. The standard InChI is InChI=1S/C16H27N3O2S/c1-16(2,3)21-15(20)19-8-5-13(6-9-19)10-17-7-4-14-11-22-12-18-14/h11-13,17H,4-10H2,1-3H3. The highest BCUT2D eigenvalue weighted by molar-refractivity contribution is 7.07. The number of carbonyl (C=O) groups is 1. The molecule has 22 heavy (non-hydrogen) atoms. The first-order valence-corrected chi connectivity index (χ1v) is 8.94. The van der Waals surface area contributed by atoms with E-state index in [2.05, 4.69) is 15.7 Å². The predicted octanol–water partition coefficient (Wildman–Crippen LogP) is 2.92. The van der Waals surface area contributed by atoms with Crippen LogP contribution < -0.4 is 5.32 Å². The summed E-state index contributed by atoms with van der Waals surface area (Å²) in [6.07, 6.45) is 2.90. The molecule has 0 saturated carbocycles. The summed E-state index contributed by atoms with van der Waals surface area (Å²) in [5, 5.41) is 5.60. The van der Waals surface area contributed by atoms with Gasteiger partial charge in [0.15, 0.2) is 0 Å². The van der Waals surface area contributed by atoms with E-state index in [0.717, 1.165) is 51.1 Å².